The molecule has 0 saturated carbocycles. The fourth-order valence-corrected chi connectivity index (χ4v) is 1.41. The quantitative estimate of drug-likeness (QED) is 0.703. The molecule has 5 heteroatoms. The van der Waals surface area contributed by atoms with E-state index in [1.165, 1.54) is 0 Å². The van der Waals surface area contributed by atoms with E-state index in [4.69, 9.17) is 9.47 Å². The van der Waals surface area contributed by atoms with Crippen LogP contribution in [0.5, 0.6) is 5.75 Å². The number of pyridine rings is 1. The Labute approximate surface area is 101 Å². The molecule has 0 fully saturated rings. The number of carbonyl (C=O) groups excluding carboxylic acids is 1. The first kappa shape index (κ1) is 13.3. The van der Waals surface area contributed by atoms with E-state index >= 15 is 0 Å². The average molecular weight is 238 g/mol. The third-order valence-electron chi connectivity index (χ3n) is 2.08. The second-order valence-electron chi connectivity index (χ2n) is 3.42. The number of hydrogen-bond donors (Lipinski definition) is 0. The summed E-state index contributed by atoms with van der Waals surface area (Å²) in [6, 6.07) is 3.63. The van der Waals surface area contributed by atoms with Crippen LogP contribution in [0.25, 0.3) is 0 Å². The van der Waals surface area contributed by atoms with Crippen LogP contribution < -0.4 is 9.64 Å². The number of anilines is 1. The Morgan fingerprint density at radius 2 is 2.18 bits per heavy atom. The molecule has 0 bridgehead atoms. The molecule has 1 aromatic heterocycles. The van der Waals surface area contributed by atoms with Crippen LogP contribution in [0.4, 0.5) is 5.82 Å². The minimum atomic E-state index is -0.275. The van der Waals surface area contributed by atoms with Gasteiger partial charge in [0.1, 0.15) is 6.54 Å². The van der Waals surface area contributed by atoms with Crippen LogP contribution in [0.2, 0.25) is 0 Å². The second kappa shape index (κ2) is 6.73. The van der Waals surface area contributed by atoms with Gasteiger partial charge in [-0.2, -0.15) is 0 Å². The molecule has 17 heavy (non-hydrogen) atoms. The van der Waals surface area contributed by atoms with Crippen molar-refractivity contribution in [1.82, 2.24) is 4.98 Å². The van der Waals surface area contributed by atoms with Gasteiger partial charge in [0, 0.05) is 13.2 Å². The van der Waals surface area contributed by atoms with E-state index in [-0.39, 0.29) is 12.5 Å². The van der Waals surface area contributed by atoms with E-state index in [1.54, 1.807) is 31.1 Å². The van der Waals surface area contributed by atoms with Crippen molar-refractivity contribution >= 4 is 11.8 Å². The highest BCUT2D eigenvalue weighted by atomic mass is 16.5. The van der Waals surface area contributed by atoms with E-state index in [0.29, 0.717) is 24.8 Å². The van der Waals surface area contributed by atoms with Crippen LogP contribution in [0, 0.1) is 0 Å². The third kappa shape index (κ3) is 3.94. The number of ether oxygens (including phenoxy) is 2. The highest BCUT2D eigenvalue weighted by molar-refractivity contribution is 5.75. The molecular weight excluding hydrogens is 220 g/mol. The second-order valence-corrected chi connectivity index (χ2v) is 3.42. The maximum absolute atomic E-state index is 11.4. The molecule has 0 aliphatic heterocycles. The van der Waals surface area contributed by atoms with Crippen LogP contribution in [0.15, 0.2) is 18.3 Å². The Hall–Kier alpha value is -1.78. The monoisotopic (exact) mass is 238 g/mol. The van der Waals surface area contributed by atoms with Gasteiger partial charge in [-0.05, 0) is 26.0 Å². The highest BCUT2D eigenvalue weighted by Gasteiger charge is 2.13. The smallest absolute Gasteiger partial charge is 0.325 e. The molecule has 0 saturated heterocycles. The van der Waals surface area contributed by atoms with Crippen molar-refractivity contribution < 1.29 is 14.3 Å². The predicted octanol–water partition coefficient (Wildman–Crippen LogP) is 1.48. The van der Waals surface area contributed by atoms with E-state index < -0.39 is 0 Å². The van der Waals surface area contributed by atoms with Gasteiger partial charge in [-0.25, -0.2) is 4.98 Å². The number of rotatable bonds is 6. The van der Waals surface area contributed by atoms with Gasteiger partial charge in [-0.3, -0.25) is 4.79 Å². The third-order valence-corrected chi connectivity index (χ3v) is 2.08. The maximum atomic E-state index is 11.4. The summed E-state index contributed by atoms with van der Waals surface area (Å²) in [4.78, 5) is 17.3. The van der Waals surface area contributed by atoms with E-state index in [2.05, 4.69) is 4.98 Å². The van der Waals surface area contributed by atoms with Gasteiger partial charge < -0.3 is 14.4 Å². The molecular formula is C12H18N2O3. The molecule has 0 aliphatic rings. The zero-order valence-electron chi connectivity index (χ0n) is 10.5. The van der Waals surface area contributed by atoms with E-state index in [9.17, 15) is 4.79 Å². The lowest BCUT2D eigenvalue weighted by Crippen LogP contribution is -2.28. The van der Waals surface area contributed by atoms with Crippen molar-refractivity contribution in [2.24, 2.45) is 0 Å². The van der Waals surface area contributed by atoms with Gasteiger partial charge in [0.15, 0.2) is 11.6 Å². The van der Waals surface area contributed by atoms with Crippen LogP contribution >= 0.6 is 0 Å². The highest BCUT2D eigenvalue weighted by Crippen LogP contribution is 2.23. The zero-order valence-corrected chi connectivity index (χ0v) is 10.5. The number of nitrogens with zero attached hydrogens (tertiary/aromatic N) is 2. The van der Waals surface area contributed by atoms with Crippen LogP contribution in [-0.2, 0) is 9.53 Å². The lowest BCUT2D eigenvalue weighted by molar-refractivity contribution is -0.141. The lowest BCUT2D eigenvalue weighted by Gasteiger charge is -2.19. The Bertz CT molecular complexity index is 369. The summed E-state index contributed by atoms with van der Waals surface area (Å²) in [7, 11) is 1.78. The van der Waals surface area contributed by atoms with Crippen LogP contribution in [-0.4, -0.2) is 37.8 Å². The van der Waals surface area contributed by atoms with Gasteiger partial charge in [-0.15, -0.1) is 0 Å². The molecule has 5 nitrogen and oxygen atoms in total. The summed E-state index contributed by atoms with van der Waals surface area (Å²) in [5, 5.41) is 0. The molecule has 0 N–H and O–H groups in total. The van der Waals surface area contributed by atoms with Crippen molar-refractivity contribution in [3.63, 3.8) is 0 Å². The van der Waals surface area contributed by atoms with Crippen molar-refractivity contribution in [2.75, 3.05) is 31.7 Å². The number of esters is 1. The van der Waals surface area contributed by atoms with E-state index in [0.717, 1.165) is 0 Å². The first-order chi connectivity index (χ1) is 8.19. The minimum absolute atomic E-state index is 0.158. The standard InChI is InChI=1S/C12H18N2O3/c1-4-16-10-7-6-8-13-12(10)14(3)9-11(15)17-5-2/h6-8H,4-5,9H2,1-3H3. The SMILES string of the molecule is CCOC(=O)CN(C)c1ncccc1OCC. The Morgan fingerprint density at radius 3 is 2.82 bits per heavy atom. The fraction of sp³-hybridized carbons (Fsp3) is 0.500. The normalized spacial score (nSPS) is 9.82. The Morgan fingerprint density at radius 1 is 1.41 bits per heavy atom. The summed E-state index contributed by atoms with van der Waals surface area (Å²) in [6.45, 7) is 4.79. The minimum Gasteiger partial charge on any atom is -0.490 e. The molecule has 0 aliphatic carbocycles. The number of hydrogen-bond acceptors (Lipinski definition) is 5. The van der Waals surface area contributed by atoms with Gasteiger partial charge in [0.2, 0.25) is 0 Å². The Kier molecular flexibility index (Phi) is 5.26. The molecule has 0 aromatic carbocycles. The number of aromatic nitrogens is 1. The van der Waals surface area contributed by atoms with Crippen molar-refractivity contribution in [3.05, 3.63) is 18.3 Å². The lowest BCUT2D eigenvalue weighted by atomic mass is 10.4. The number of carbonyl (C=O) groups is 1. The molecule has 1 heterocycles. The largest absolute Gasteiger partial charge is 0.490 e. The first-order valence-corrected chi connectivity index (χ1v) is 5.63. The zero-order chi connectivity index (χ0) is 12.7. The molecule has 94 valence electrons. The van der Waals surface area contributed by atoms with Crippen molar-refractivity contribution in [2.45, 2.75) is 13.8 Å². The first-order valence-electron chi connectivity index (χ1n) is 5.63. The fourth-order valence-electron chi connectivity index (χ4n) is 1.41. The maximum Gasteiger partial charge on any atom is 0.325 e. The van der Waals surface area contributed by atoms with Gasteiger partial charge in [0.25, 0.3) is 0 Å². The molecule has 0 atom stereocenters. The number of likely N-dealkylation sites (N-methyl/N-ethyl adjacent to an activating group) is 1. The van der Waals surface area contributed by atoms with E-state index in [1.807, 2.05) is 13.0 Å². The molecule has 0 radical (unpaired) electrons. The van der Waals surface area contributed by atoms with Crippen LogP contribution in [0.3, 0.4) is 0 Å². The summed E-state index contributed by atoms with van der Waals surface area (Å²) in [6.07, 6.45) is 1.67. The topological polar surface area (TPSA) is 51.7 Å². The molecule has 1 aromatic rings. The molecule has 0 unspecified atom stereocenters. The van der Waals surface area contributed by atoms with Gasteiger partial charge >= 0.3 is 5.97 Å². The van der Waals surface area contributed by atoms with Gasteiger partial charge in [-0.1, -0.05) is 0 Å². The molecule has 1 rings (SSSR count). The summed E-state index contributed by atoms with van der Waals surface area (Å²) in [5.41, 5.74) is 0. The van der Waals surface area contributed by atoms with Crippen molar-refractivity contribution in [1.29, 1.82) is 0 Å². The molecule has 0 amide bonds. The Balaban J connectivity index is 2.73. The predicted molar refractivity (Wildman–Crippen MR) is 65.3 cm³/mol. The van der Waals surface area contributed by atoms with Crippen LogP contribution in [0.1, 0.15) is 13.8 Å². The molecule has 0 spiro atoms. The summed E-state index contributed by atoms with van der Waals surface area (Å²) in [5.74, 6) is 1.03. The summed E-state index contributed by atoms with van der Waals surface area (Å²) >= 11 is 0. The van der Waals surface area contributed by atoms with Crippen molar-refractivity contribution in [3.8, 4) is 5.75 Å². The average Bonchev–Trinajstić information content (AvgIpc) is 2.30. The summed E-state index contributed by atoms with van der Waals surface area (Å²) < 4.78 is 10.3. The van der Waals surface area contributed by atoms with Gasteiger partial charge in [0.05, 0.1) is 13.2 Å².